The van der Waals surface area contributed by atoms with Gasteiger partial charge in [-0.1, -0.05) is 29.8 Å². The average molecular weight is 400 g/mol. The van der Waals surface area contributed by atoms with Crippen molar-refractivity contribution in [3.63, 3.8) is 0 Å². The van der Waals surface area contributed by atoms with Gasteiger partial charge in [0.25, 0.3) is 11.8 Å². The van der Waals surface area contributed by atoms with Gasteiger partial charge in [-0.05, 0) is 36.4 Å². The van der Waals surface area contributed by atoms with Crippen molar-refractivity contribution in [3.8, 4) is 0 Å². The van der Waals surface area contributed by atoms with E-state index in [1.54, 1.807) is 46.2 Å². The summed E-state index contributed by atoms with van der Waals surface area (Å²) in [5, 5.41) is 3.31. The van der Waals surface area contributed by atoms with Crippen molar-refractivity contribution in [2.24, 2.45) is 0 Å². The van der Waals surface area contributed by atoms with Crippen LogP contribution >= 0.6 is 11.6 Å². The maximum absolute atomic E-state index is 12.4. The molecule has 28 heavy (non-hydrogen) atoms. The fourth-order valence-corrected chi connectivity index (χ4v) is 3.19. The van der Waals surface area contributed by atoms with Crippen molar-refractivity contribution in [2.75, 3.05) is 32.7 Å². The number of benzene rings is 2. The Morgan fingerprint density at radius 3 is 2.07 bits per heavy atom. The molecule has 1 N–H and O–H groups in total. The van der Waals surface area contributed by atoms with E-state index in [1.807, 2.05) is 18.2 Å². The van der Waals surface area contributed by atoms with Gasteiger partial charge < -0.3 is 15.1 Å². The molecule has 3 rings (SSSR count). The molecule has 7 heteroatoms. The second kappa shape index (κ2) is 9.37. The molecule has 146 valence electrons. The van der Waals surface area contributed by atoms with Crippen LogP contribution in [-0.2, 0) is 4.79 Å². The Balaban J connectivity index is 1.41. The average Bonchev–Trinajstić information content (AvgIpc) is 2.74. The van der Waals surface area contributed by atoms with Crippen LogP contribution in [-0.4, -0.2) is 60.2 Å². The van der Waals surface area contributed by atoms with Crippen molar-refractivity contribution < 1.29 is 14.4 Å². The topological polar surface area (TPSA) is 69.7 Å². The third-order valence-corrected chi connectivity index (χ3v) is 4.92. The zero-order valence-electron chi connectivity index (χ0n) is 15.4. The Morgan fingerprint density at radius 1 is 0.821 bits per heavy atom. The molecule has 0 unspecified atom stereocenters. The van der Waals surface area contributed by atoms with Gasteiger partial charge in [0.15, 0.2) is 0 Å². The molecular weight excluding hydrogens is 378 g/mol. The summed E-state index contributed by atoms with van der Waals surface area (Å²) < 4.78 is 0. The van der Waals surface area contributed by atoms with Gasteiger partial charge in [0, 0.05) is 55.3 Å². The van der Waals surface area contributed by atoms with Gasteiger partial charge >= 0.3 is 0 Å². The summed E-state index contributed by atoms with van der Waals surface area (Å²) in [4.78, 5) is 40.4. The van der Waals surface area contributed by atoms with Crippen LogP contribution in [0.1, 0.15) is 27.1 Å². The number of carbonyl (C=O) groups excluding carboxylic acids is 3. The summed E-state index contributed by atoms with van der Waals surface area (Å²) in [6.45, 7) is 2.29. The largest absolute Gasteiger partial charge is 0.352 e. The third kappa shape index (κ3) is 5.10. The van der Waals surface area contributed by atoms with E-state index in [4.69, 9.17) is 11.6 Å². The minimum absolute atomic E-state index is 0.0112. The molecule has 0 aliphatic carbocycles. The van der Waals surface area contributed by atoms with E-state index in [2.05, 4.69) is 5.32 Å². The number of nitrogens with one attached hydrogen (secondary N) is 1. The molecule has 0 spiro atoms. The molecule has 2 aromatic carbocycles. The molecule has 0 radical (unpaired) electrons. The van der Waals surface area contributed by atoms with Crippen LogP contribution in [0.3, 0.4) is 0 Å². The molecule has 0 aromatic heterocycles. The van der Waals surface area contributed by atoms with Crippen LogP contribution in [0.25, 0.3) is 0 Å². The summed E-state index contributed by atoms with van der Waals surface area (Å²) in [5.41, 5.74) is 1.16. The number of piperazine rings is 1. The van der Waals surface area contributed by atoms with Crippen LogP contribution in [0.2, 0.25) is 5.02 Å². The lowest BCUT2D eigenvalue weighted by molar-refractivity contribution is -0.132. The van der Waals surface area contributed by atoms with Crippen molar-refractivity contribution in [1.29, 1.82) is 0 Å². The third-order valence-electron chi connectivity index (χ3n) is 4.67. The molecule has 1 fully saturated rings. The van der Waals surface area contributed by atoms with E-state index in [0.29, 0.717) is 42.3 Å². The summed E-state index contributed by atoms with van der Waals surface area (Å²) in [6, 6.07) is 15.7. The maximum atomic E-state index is 12.4. The molecule has 0 bridgehead atoms. The summed E-state index contributed by atoms with van der Waals surface area (Å²) in [6.07, 6.45) is 0.228. The van der Waals surface area contributed by atoms with Crippen LogP contribution in [0, 0.1) is 0 Å². The number of nitrogens with zero attached hydrogens (tertiary/aromatic N) is 2. The number of hydrogen-bond acceptors (Lipinski definition) is 3. The van der Waals surface area contributed by atoms with E-state index < -0.39 is 0 Å². The van der Waals surface area contributed by atoms with Gasteiger partial charge in [-0.15, -0.1) is 0 Å². The molecular formula is C21H22ClN3O3. The van der Waals surface area contributed by atoms with Crippen LogP contribution < -0.4 is 5.32 Å². The molecule has 1 saturated heterocycles. The lowest BCUT2D eigenvalue weighted by atomic mass is 10.2. The van der Waals surface area contributed by atoms with Gasteiger partial charge in [-0.2, -0.15) is 0 Å². The van der Waals surface area contributed by atoms with Crippen molar-refractivity contribution in [1.82, 2.24) is 15.1 Å². The highest BCUT2D eigenvalue weighted by Crippen LogP contribution is 2.11. The molecule has 2 aromatic rings. The molecule has 0 atom stereocenters. The van der Waals surface area contributed by atoms with Gasteiger partial charge in [-0.3, -0.25) is 14.4 Å². The van der Waals surface area contributed by atoms with Crippen molar-refractivity contribution >= 4 is 29.3 Å². The monoisotopic (exact) mass is 399 g/mol. The Morgan fingerprint density at radius 2 is 1.43 bits per heavy atom. The Bertz CT molecular complexity index is 832. The highest BCUT2D eigenvalue weighted by Gasteiger charge is 2.24. The Labute approximate surface area is 169 Å². The minimum atomic E-state index is -0.234. The van der Waals surface area contributed by atoms with E-state index in [1.165, 1.54) is 0 Å². The van der Waals surface area contributed by atoms with E-state index in [0.717, 1.165) is 0 Å². The first-order valence-corrected chi connectivity index (χ1v) is 9.58. The molecule has 0 saturated carbocycles. The first kappa shape index (κ1) is 19.9. The van der Waals surface area contributed by atoms with Gasteiger partial charge in [-0.25, -0.2) is 0 Å². The molecule has 1 heterocycles. The quantitative estimate of drug-likeness (QED) is 0.839. The Kier molecular flexibility index (Phi) is 6.66. The fourth-order valence-electron chi connectivity index (χ4n) is 3.07. The lowest BCUT2D eigenvalue weighted by Crippen LogP contribution is -2.51. The highest BCUT2D eigenvalue weighted by atomic mass is 35.5. The first-order chi connectivity index (χ1) is 13.5. The smallest absolute Gasteiger partial charge is 0.253 e. The van der Waals surface area contributed by atoms with E-state index in [9.17, 15) is 14.4 Å². The van der Waals surface area contributed by atoms with E-state index >= 15 is 0 Å². The number of amides is 3. The summed E-state index contributed by atoms with van der Waals surface area (Å²) in [7, 11) is 0. The fraction of sp³-hybridized carbons (Fsp3) is 0.286. The molecule has 3 amide bonds. The van der Waals surface area contributed by atoms with E-state index in [-0.39, 0.29) is 30.7 Å². The van der Waals surface area contributed by atoms with Gasteiger partial charge in [0.1, 0.15) is 0 Å². The van der Waals surface area contributed by atoms with Crippen molar-refractivity contribution in [2.45, 2.75) is 6.42 Å². The van der Waals surface area contributed by atoms with Crippen LogP contribution in [0.5, 0.6) is 0 Å². The van der Waals surface area contributed by atoms with Gasteiger partial charge in [0.05, 0.1) is 0 Å². The predicted octanol–water partition coefficient (Wildman–Crippen LogP) is 2.44. The summed E-state index contributed by atoms with van der Waals surface area (Å²) in [5.74, 6) is -0.270. The zero-order chi connectivity index (χ0) is 19.9. The molecule has 6 nitrogen and oxygen atoms in total. The highest BCUT2D eigenvalue weighted by molar-refractivity contribution is 6.30. The first-order valence-electron chi connectivity index (χ1n) is 9.20. The van der Waals surface area contributed by atoms with Crippen LogP contribution in [0.4, 0.5) is 0 Å². The Hall–Kier alpha value is -2.86. The number of rotatable bonds is 5. The zero-order valence-corrected chi connectivity index (χ0v) is 16.2. The minimum Gasteiger partial charge on any atom is -0.352 e. The standard InChI is InChI=1S/C21H22ClN3O3/c22-18-8-6-16(7-9-18)20(27)23-11-10-19(26)24-12-14-25(15-13-24)21(28)17-4-2-1-3-5-17/h1-9H,10-15H2,(H,23,27). The van der Waals surface area contributed by atoms with Crippen LogP contribution in [0.15, 0.2) is 54.6 Å². The lowest BCUT2D eigenvalue weighted by Gasteiger charge is -2.35. The summed E-state index contributed by atoms with van der Waals surface area (Å²) >= 11 is 5.81. The predicted molar refractivity (Wildman–Crippen MR) is 107 cm³/mol. The number of halogens is 1. The maximum Gasteiger partial charge on any atom is 0.253 e. The molecule has 1 aliphatic heterocycles. The SMILES string of the molecule is O=C(NCCC(=O)N1CCN(C(=O)c2ccccc2)CC1)c1ccc(Cl)cc1. The normalized spacial score (nSPS) is 13.9. The second-order valence-electron chi connectivity index (χ2n) is 6.55. The van der Waals surface area contributed by atoms with Crippen molar-refractivity contribution in [3.05, 3.63) is 70.7 Å². The second-order valence-corrected chi connectivity index (χ2v) is 6.99. The van der Waals surface area contributed by atoms with Gasteiger partial charge in [0.2, 0.25) is 5.91 Å². The number of carbonyl (C=O) groups is 3. The molecule has 1 aliphatic rings. The number of hydrogen-bond donors (Lipinski definition) is 1.